The number of nitrogens with one attached hydrogen (secondary N) is 1. The zero-order valence-electron chi connectivity index (χ0n) is 11.4. The lowest BCUT2D eigenvalue weighted by molar-refractivity contribution is 0.219. The summed E-state index contributed by atoms with van der Waals surface area (Å²) in [6, 6.07) is 6.20. The van der Waals surface area contributed by atoms with Crippen molar-refractivity contribution >= 4 is 11.7 Å². The maximum Gasteiger partial charge on any atom is 0.321 e. The van der Waals surface area contributed by atoms with Crippen LogP contribution in [0.15, 0.2) is 24.3 Å². The van der Waals surface area contributed by atoms with E-state index in [0.717, 1.165) is 25.8 Å². The summed E-state index contributed by atoms with van der Waals surface area (Å²) in [5.41, 5.74) is 6.37. The van der Waals surface area contributed by atoms with Crippen molar-refractivity contribution in [3.8, 4) is 0 Å². The Kier molecular flexibility index (Phi) is 3.61. The molecule has 20 heavy (non-hydrogen) atoms. The summed E-state index contributed by atoms with van der Waals surface area (Å²) in [6.45, 7) is 1.42. The summed E-state index contributed by atoms with van der Waals surface area (Å²) in [4.78, 5) is 14.0. The van der Waals surface area contributed by atoms with Crippen molar-refractivity contribution in [3.63, 3.8) is 0 Å². The van der Waals surface area contributed by atoms with Gasteiger partial charge in [0, 0.05) is 19.1 Å². The number of halogens is 1. The van der Waals surface area contributed by atoms with E-state index in [1.54, 1.807) is 23.1 Å². The molecule has 2 amide bonds. The molecule has 1 aromatic rings. The van der Waals surface area contributed by atoms with E-state index in [0.29, 0.717) is 18.4 Å². The molecule has 5 heteroatoms. The number of carbonyl (C=O) groups is 1. The number of nitrogens with zero attached hydrogens (tertiary/aromatic N) is 1. The van der Waals surface area contributed by atoms with Gasteiger partial charge in [-0.2, -0.15) is 0 Å². The van der Waals surface area contributed by atoms with E-state index in [9.17, 15) is 9.18 Å². The van der Waals surface area contributed by atoms with Gasteiger partial charge in [0.1, 0.15) is 5.82 Å². The van der Waals surface area contributed by atoms with Crippen molar-refractivity contribution in [1.29, 1.82) is 0 Å². The Balaban J connectivity index is 1.66. The van der Waals surface area contributed by atoms with Crippen LogP contribution in [-0.2, 0) is 0 Å². The molecule has 2 fully saturated rings. The number of para-hydroxylation sites is 1. The van der Waals surface area contributed by atoms with Crippen molar-refractivity contribution in [2.45, 2.75) is 25.3 Å². The molecule has 108 valence electrons. The van der Waals surface area contributed by atoms with Gasteiger partial charge < -0.3 is 16.0 Å². The largest absolute Gasteiger partial charge is 0.327 e. The van der Waals surface area contributed by atoms with Crippen LogP contribution in [0.3, 0.4) is 0 Å². The van der Waals surface area contributed by atoms with Crippen molar-refractivity contribution in [2.75, 3.05) is 18.4 Å². The van der Waals surface area contributed by atoms with E-state index < -0.39 is 5.82 Å². The second-order valence-electron chi connectivity index (χ2n) is 5.83. The quantitative estimate of drug-likeness (QED) is 0.828. The third kappa shape index (κ3) is 2.50. The topological polar surface area (TPSA) is 58.4 Å². The number of hydrogen-bond donors (Lipinski definition) is 2. The first-order valence-corrected chi connectivity index (χ1v) is 7.21. The molecule has 4 nitrogen and oxygen atoms in total. The lowest BCUT2D eigenvalue weighted by Crippen LogP contribution is -2.39. The Morgan fingerprint density at radius 2 is 2.10 bits per heavy atom. The van der Waals surface area contributed by atoms with Crippen molar-refractivity contribution in [1.82, 2.24) is 4.90 Å². The van der Waals surface area contributed by atoms with E-state index in [1.807, 2.05) is 0 Å². The van der Waals surface area contributed by atoms with Crippen molar-refractivity contribution in [3.05, 3.63) is 30.1 Å². The fourth-order valence-electron chi connectivity index (χ4n) is 3.44. The van der Waals surface area contributed by atoms with Gasteiger partial charge >= 0.3 is 6.03 Å². The van der Waals surface area contributed by atoms with Gasteiger partial charge in [0.15, 0.2) is 0 Å². The minimum absolute atomic E-state index is 0.194. The number of fused-ring (bicyclic) bond motifs is 1. The highest BCUT2D eigenvalue weighted by Gasteiger charge is 2.40. The second-order valence-corrected chi connectivity index (χ2v) is 5.83. The number of hydrogen-bond acceptors (Lipinski definition) is 2. The van der Waals surface area contributed by atoms with Crippen LogP contribution in [0.1, 0.15) is 19.3 Å². The van der Waals surface area contributed by atoms with Crippen LogP contribution in [0, 0.1) is 17.7 Å². The van der Waals surface area contributed by atoms with Gasteiger partial charge in [-0.15, -0.1) is 0 Å². The fourth-order valence-corrected chi connectivity index (χ4v) is 3.44. The number of nitrogens with two attached hydrogens (primary N) is 1. The highest BCUT2D eigenvalue weighted by atomic mass is 19.1. The van der Waals surface area contributed by atoms with Crippen molar-refractivity contribution in [2.24, 2.45) is 17.6 Å². The van der Waals surface area contributed by atoms with Gasteiger partial charge in [-0.1, -0.05) is 18.6 Å². The highest BCUT2D eigenvalue weighted by Crippen LogP contribution is 2.35. The molecule has 0 spiro atoms. The van der Waals surface area contributed by atoms with Crippen LogP contribution < -0.4 is 11.1 Å². The van der Waals surface area contributed by atoms with E-state index in [-0.39, 0.29) is 17.8 Å². The molecule has 3 rings (SSSR count). The molecular weight excluding hydrogens is 257 g/mol. The number of rotatable bonds is 1. The molecule has 1 saturated heterocycles. The molecule has 1 aliphatic carbocycles. The zero-order valence-corrected chi connectivity index (χ0v) is 11.4. The summed E-state index contributed by atoms with van der Waals surface area (Å²) in [5.74, 6) is 0.495. The molecule has 2 aliphatic rings. The summed E-state index contributed by atoms with van der Waals surface area (Å²) >= 11 is 0. The first-order valence-electron chi connectivity index (χ1n) is 7.21. The normalized spacial score (nSPS) is 29.1. The monoisotopic (exact) mass is 277 g/mol. The Labute approximate surface area is 118 Å². The van der Waals surface area contributed by atoms with Crippen LogP contribution in [0.4, 0.5) is 14.9 Å². The highest BCUT2D eigenvalue weighted by molar-refractivity contribution is 5.89. The van der Waals surface area contributed by atoms with Crippen LogP contribution in [0.5, 0.6) is 0 Å². The first-order chi connectivity index (χ1) is 9.65. The minimum Gasteiger partial charge on any atom is -0.327 e. The summed E-state index contributed by atoms with van der Waals surface area (Å²) in [7, 11) is 0. The fraction of sp³-hybridized carbons (Fsp3) is 0.533. The molecule has 1 saturated carbocycles. The Morgan fingerprint density at radius 1 is 1.30 bits per heavy atom. The first kappa shape index (κ1) is 13.4. The maximum absolute atomic E-state index is 13.5. The Bertz CT molecular complexity index is 508. The van der Waals surface area contributed by atoms with E-state index in [2.05, 4.69) is 5.32 Å². The zero-order chi connectivity index (χ0) is 14.1. The van der Waals surface area contributed by atoms with Crippen LogP contribution in [0.2, 0.25) is 0 Å². The molecule has 3 atom stereocenters. The van der Waals surface area contributed by atoms with Gasteiger partial charge in [0.2, 0.25) is 0 Å². The average molecular weight is 277 g/mol. The number of likely N-dealkylation sites (tertiary alicyclic amines) is 1. The van der Waals surface area contributed by atoms with Crippen LogP contribution >= 0.6 is 0 Å². The lowest BCUT2D eigenvalue weighted by Gasteiger charge is -2.29. The molecule has 3 unspecified atom stereocenters. The van der Waals surface area contributed by atoms with Gasteiger partial charge in [-0.25, -0.2) is 9.18 Å². The molecule has 1 heterocycles. The smallest absolute Gasteiger partial charge is 0.321 e. The third-order valence-corrected chi connectivity index (χ3v) is 4.56. The maximum atomic E-state index is 13.5. The lowest BCUT2D eigenvalue weighted by atomic mass is 9.78. The number of urea groups is 1. The molecular formula is C15H20FN3O. The van der Waals surface area contributed by atoms with Gasteiger partial charge in [0.05, 0.1) is 5.69 Å². The molecule has 1 aliphatic heterocycles. The summed E-state index contributed by atoms with van der Waals surface area (Å²) < 4.78 is 13.5. The molecule has 0 aromatic heterocycles. The Hall–Kier alpha value is -1.62. The van der Waals surface area contributed by atoms with E-state index in [4.69, 9.17) is 5.73 Å². The van der Waals surface area contributed by atoms with E-state index >= 15 is 0 Å². The van der Waals surface area contributed by atoms with E-state index in [1.165, 1.54) is 6.07 Å². The second kappa shape index (κ2) is 5.40. The number of amides is 2. The summed E-state index contributed by atoms with van der Waals surface area (Å²) in [6.07, 6.45) is 3.33. The predicted molar refractivity (Wildman–Crippen MR) is 75.8 cm³/mol. The molecule has 0 bridgehead atoms. The molecule has 3 N–H and O–H groups in total. The third-order valence-electron chi connectivity index (χ3n) is 4.56. The molecule has 0 radical (unpaired) electrons. The average Bonchev–Trinajstić information content (AvgIpc) is 2.87. The van der Waals surface area contributed by atoms with Crippen molar-refractivity contribution < 1.29 is 9.18 Å². The summed E-state index contributed by atoms with van der Waals surface area (Å²) in [5, 5.41) is 2.65. The van der Waals surface area contributed by atoms with Gasteiger partial charge in [-0.3, -0.25) is 0 Å². The number of benzene rings is 1. The van der Waals surface area contributed by atoms with Gasteiger partial charge in [-0.05, 0) is 36.8 Å². The SMILES string of the molecule is NC1CCCC2CN(C(=O)Nc3ccccc3F)CC12. The predicted octanol–water partition coefficient (Wildman–Crippen LogP) is 2.42. The number of anilines is 1. The van der Waals surface area contributed by atoms with Crippen LogP contribution in [0.25, 0.3) is 0 Å². The van der Waals surface area contributed by atoms with Crippen LogP contribution in [-0.4, -0.2) is 30.1 Å². The molecule has 1 aromatic carbocycles. The standard InChI is InChI=1S/C15H20FN3O/c16-12-5-1-2-7-14(12)18-15(20)19-8-10-4-3-6-13(17)11(10)9-19/h1-2,5,7,10-11,13H,3-4,6,8-9,17H2,(H,18,20). The van der Waals surface area contributed by atoms with Gasteiger partial charge in [0.25, 0.3) is 0 Å². The minimum atomic E-state index is -0.408. The Morgan fingerprint density at radius 3 is 2.85 bits per heavy atom. The number of carbonyl (C=O) groups excluding carboxylic acids is 1.